The Kier molecular flexibility index (Phi) is 6.09. The monoisotopic (exact) mass is 668 g/mol. The van der Waals surface area contributed by atoms with Crippen molar-refractivity contribution in [1.29, 1.82) is 0 Å². The minimum atomic E-state index is 0.736. The van der Waals surface area contributed by atoms with Crippen molar-refractivity contribution in [3.63, 3.8) is 0 Å². The summed E-state index contributed by atoms with van der Waals surface area (Å²) in [7, 11) is 0. The molecule has 7 aromatic carbocycles. The van der Waals surface area contributed by atoms with Gasteiger partial charge in [-0.3, -0.25) is 0 Å². The summed E-state index contributed by atoms with van der Waals surface area (Å²) < 4.78 is 7.17. The number of fused-ring (bicyclic) bond motifs is 10. The maximum Gasteiger partial charge on any atom is 0.160 e. The molecule has 238 valence electrons. The Morgan fingerprint density at radius 2 is 1.08 bits per heavy atom. The third-order valence-electron chi connectivity index (χ3n) is 10.1. The van der Waals surface area contributed by atoms with Crippen LogP contribution >= 0.6 is 11.3 Å². The molecular weight excluding hydrogens is 641 g/mol. The van der Waals surface area contributed by atoms with Gasteiger partial charge in [0.25, 0.3) is 0 Å². The van der Waals surface area contributed by atoms with Crippen molar-refractivity contribution in [2.45, 2.75) is 0 Å². The first kappa shape index (κ1) is 28.3. The zero-order chi connectivity index (χ0) is 33.5. The van der Waals surface area contributed by atoms with Crippen LogP contribution in [0.3, 0.4) is 0 Å². The first-order valence-corrected chi connectivity index (χ1v) is 18.0. The van der Waals surface area contributed by atoms with Crippen LogP contribution in [0.2, 0.25) is 0 Å². The fraction of sp³-hybridized carbons (Fsp3) is 0. The fourth-order valence-corrected chi connectivity index (χ4v) is 9.08. The van der Waals surface area contributed by atoms with E-state index in [9.17, 15) is 0 Å². The predicted octanol–water partition coefficient (Wildman–Crippen LogP) is 12.4. The van der Waals surface area contributed by atoms with Gasteiger partial charge in [-0.2, -0.15) is 0 Å². The summed E-state index contributed by atoms with van der Waals surface area (Å²) in [5.74, 6) is 0.736. The Labute approximate surface area is 297 Å². The molecule has 0 N–H and O–H groups in total. The van der Waals surface area contributed by atoms with E-state index in [4.69, 9.17) is 9.97 Å². The number of aromatic nitrogens is 4. The number of rotatable bonds is 4. The van der Waals surface area contributed by atoms with Crippen LogP contribution in [0.4, 0.5) is 0 Å². The minimum absolute atomic E-state index is 0.736. The van der Waals surface area contributed by atoms with Crippen molar-refractivity contribution in [2.24, 2.45) is 0 Å². The van der Waals surface area contributed by atoms with E-state index in [0.29, 0.717) is 0 Å². The molecule has 11 rings (SSSR count). The lowest BCUT2D eigenvalue weighted by molar-refractivity contribution is 1.17. The highest BCUT2D eigenvalue weighted by Gasteiger charge is 2.22. The first-order chi connectivity index (χ1) is 25.3. The van der Waals surface area contributed by atoms with Crippen molar-refractivity contribution in [3.8, 4) is 34.0 Å². The molecule has 11 aromatic rings. The summed E-state index contributed by atoms with van der Waals surface area (Å²) >= 11 is 1.76. The van der Waals surface area contributed by atoms with E-state index >= 15 is 0 Å². The Hall–Kier alpha value is -6.56. The highest BCUT2D eigenvalue weighted by atomic mass is 32.1. The lowest BCUT2D eigenvalue weighted by Gasteiger charge is -2.12. The van der Waals surface area contributed by atoms with Gasteiger partial charge >= 0.3 is 0 Å². The number of hydrogen-bond acceptors (Lipinski definition) is 3. The average molecular weight is 669 g/mol. The van der Waals surface area contributed by atoms with Crippen molar-refractivity contribution in [3.05, 3.63) is 170 Å². The number of nitrogens with zero attached hydrogens (tertiary/aromatic N) is 4. The van der Waals surface area contributed by atoms with Crippen LogP contribution in [0.15, 0.2) is 170 Å². The molecule has 0 aliphatic heterocycles. The third kappa shape index (κ3) is 4.19. The van der Waals surface area contributed by atoms with Crippen molar-refractivity contribution < 1.29 is 0 Å². The average Bonchev–Trinajstić information content (AvgIpc) is 3.86. The molecular formula is C46H28N4S. The third-order valence-corrected chi connectivity index (χ3v) is 11.3. The second-order valence-electron chi connectivity index (χ2n) is 13.0. The van der Waals surface area contributed by atoms with Crippen LogP contribution in [0.5, 0.6) is 0 Å². The molecule has 4 heterocycles. The predicted molar refractivity (Wildman–Crippen MR) is 214 cm³/mol. The van der Waals surface area contributed by atoms with Gasteiger partial charge in [0.2, 0.25) is 0 Å². The molecule has 0 radical (unpaired) electrons. The smallest absolute Gasteiger partial charge is 0.160 e. The summed E-state index contributed by atoms with van der Waals surface area (Å²) in [6.07, 6.45) is 0. The molecule has 0 spiro atoms. The maximum absolute atomic E-state index is 5.28. The summed E-state index contributed by atoms with van der Waals surface area (Å²) in [5.41, 5.74) is 11.0. The van der Waals surface area contributed by atoms with Crippen LogP contribution < -0.4 is 0 Å². The van der Waals surface area contributed by atoms with Crippen molar-refractivity contribution in [2.75, 3.05) is 0 Å². The standard InChI is InChI=1S/C46H28N4S/c1-3-14-29(15-4-1)46-47-42(45-43(48-46)36-22-9-12-25-40(36)51-45)30-16-13-19-32(28-30)49-38-24-11-8-21-35(38)41-39(49)27-26-34-33-20-7-10-23-37(33)50(44(34)41)31-17-5-2-6-18-31/h1-28H. The quantitative estimate of drug-likeness (QED) is 0.187. The summed E-state index contributed by atoms with van der Waals surface area (Å²) in [6.45, 7) is 0. The zero-order valence-corrected chi connectivity index (χ0v) is 28.2. The van der Waals surface area contributed by atoms with Gasteiger partial charge in [-0.1, -0.05) is 121 Å². The van der Waals surface area contributed by atoms with Gasteiger partial charge in [-0.25, -0.2) is 9.97 Å². The van der Waals surface area contributed by atoms with Crippen LogP contribution in [-0.2, 0) is 0 Å². The SMILES string of the molecule is c1ccc(-c2nc(-c3cccc(-n4c5ccccc5c5c4ccc4c6ccccc6n(-c6ccccc6)c45)c3)c3sc4ccccc4c3n2)cc1. The molecule has 0 aliphatic rings. The van der Waals surface area contributed by atoms with Crippen LogP contribution in [-0.4, -0.2) is 19.1 Å². The number of thiophene rings is 1. The largest absolute Gasteiger partial charge is 0.309 e. The molecule has 51 heavy (non-hydrogen) atoms. The normalized spacial score (nSPS) is 11.9. The molecule has 0 atom stereocenters. The van der Waals surface area contributed by atoms with E-state index in [0.717, 1.165) is 49.6 Å². The van der Waals surface area contributed by atoms with Gasteiger partial charge in [0, 0.05) is 54.1 Å². The van der Waals surface area contributed by atoms with Gasteiger partial charge < -0.3 is 9.13 Å². The van der Waals surface area contributed by atoms with Gasteiger partial charge in [0.1, 0.15) is 0 Å². The van der Waals surface area contributed by atoms with Gasteiger partial charge in [-0.05, 0) is 48.5 Å². The molecule has 0 fully saturated rings. The Morgan fingerprint density at radius 3 is 1.90 bits per heavy atom. The maximum atomic E-state index is 5.28. The van der Waals surface area contributed by atoms with Crippen LogP contribution in [0.25, 0.3) is 97.9 Å². The topological polar surface area (TPSA) is 35.6 Å². The van der Waals surface area contributed by atoms with Gasteiger partial charge in [0.05, 0.1) is 38.0 Å². The molecule has 4 aromatic heterocycles. The molecule has 4 nitrogen and oxygen atoms in total. The van der Waals surface area contributed by atoms with Crippen LogP contribution in [0, 0.1) is 0 Å². The molecule has 0 aliphatic carbocycles. The molecule has 0 bridgehead atoms. The van der Waals surface area contributed by atoms with E-state index in [1.807, 2.05) is 18.2 Å². The highest BCUT2D eigenvalue weighted by molar-refractivity contribution is 7.26. The first-order valence-electron chi connectivity index (χ1n) is 17.2. The summed E-state index contributed by atoms with van der Waals surface area (Å²) in [4.78, 5) is 10.4. The number of benzene rings is 7. The fourth-order valence-electron chi connectivity index (χ4n) is 7.93. The summed E-state index contributed by atoms with van der Waals surface area (Å²) in [6, 6.07) is 60.6. The van der Waals surface area contributed by atoms with E-state index in [2.05, 4.69) is 161 Å². The molecule has 5 heteroatoms. The Bertz CT molecular complexity index is 3130. The van der Waals surface area contributed by atoms with E-state index in [1.165, 1.54) is 48.3 Å². The molecule has 0 unspecified atom stereocenters. The van der Waals surface area contributed by atoms with E-state index in [-0.39, 0.29) is 0 Å². The highest BCUT2D eigenvalue weighted by Crippen LogP contribution is 2.43. The van der Waals surface area contributed by atoms with Crippen molar-refractivity contribution >= 4 is 75.3 Å². The zero-order valence-electron chi connectivity index (χ0n) is 27.4. The molecule has 0 saturated heterocycles. The second kappa shape index (κ2) is 11.0. The molecule has 0 saturated carbocycles. The van der Waals surface area contributed by atoms with E-state index < -0.39 is 0 Å². The van der Waals surface area contributed by atoms with Crippen molar-refractivity contribution in [1.82, 2.24) is 19.1 Å². The minimum Gasteiger partial charge on any atom is -0.309 e. The molecule has 0 amide bonds. The lowest BCUT2D eigenvalue weighted by Crippen LogP contribution is -1.97. The summed E-state index contributed by atoms with van der Waals surface area (Å²) in [5, 5.41) is 6.13. The second-order valence-corrected chi connectivity index (χ2v) is 14.0. The van der Waals surface area contributed by atoms with Gasteiger partial charge in [0.15, 0.2) is 5.82 Å². The van der Waals surface area contributed by atoms with Gasteiger partial charge in [-0.15, -0.1) is 11.3 Å². The number of para-hydroxylation sites is 3. The lowest BCUT2D eigenvalue weighted by atomic mass is 10.1. The Balaban J connectivity index is 1.21. The Morgan fingerprint density at radius 1 is 0.431 bits per heavy atom. The van der Waals surface area contributed by atoms with Crippen LogP contribution in [0.1, 0.15) is 0 Å². The van der Waals surface area contributed by atoms with E-state index in [1.54, 1.807) is 11.3 Å². The number of hydrogen-bond donors (Lipinski definition) is 0.